The minimum absolute atomic E-state index is 0.0434. The van der Waals surface area contributed by atoms with Crippen molar-refractivity contribution in [2.24, 2.45) is 0 Å². The number of benzene rings is 1. The van der Waals surface area contributed by atoms with Crippen molar-refractivity contribution in [3.63, 3.8) is 0 Å². The molecule has 10 heteroatoms. The van der Waals surface area contributed by atoms with E-state index >= 15 is 0 Å². The highest BCUT2D eigenvalue weighted by molar-refractivity contribution is 5.81. The molecular formula is C30H37N7O3. The molecule has 210 valence electrons. The number of aromatic amines is 1. The van der Waals surface area contributed by atoms with E-state index in [1.807, 2.05) is 71.1 Å². The van der Waals surface area contributed by atoms with Crippen LogP contribution in [0.3, 0.4) is 0 Å². The number of hydrogen-bond acceptors (Lipinski definition) is 8. The SMILES string of the molecule is CC(C)Oc1cc(-c2ccc3nc(Cc4cc(CN5CCN(C(=O)OC(C)(C)C)CC5)ccn4)[nH]c3c2)ncn1. The van der Waals surface area contributed by atoms with Crippen molar-refractivity contribution in [2.75, 3.05) is 26.2 Å². The van der Waals surface area contributed by atoms with Crippen LogP contribution in [0.1, 0.15) is 51.7 Å². The van der Waals surface area contributed by atoms with Gasteiger partial charge in [-0.2, -0.15) is 0 Å². The molecule has 10 nitrogen and oxygen atoms in total. The first-order valence-corrected chi connectivity index (χ1v) is 13.7. The van der Waals surface area contributed by atoms with Crippen LogP contribution in [0.15, 0.2) is 48.9 Å². The number of nitrogens with one attached hydrogen (secondary N) is 1. The maximum Gasteiger partial charge on any atom is 0.410 e. The van der Waals surface area contributed by atoms with E-state index in [1.165, 1.54) is 11.9 Å². The van der Waals surface area contributed by atoms with Gasteiger partial charge in [-0.05, 0) is 64.4 Å². The molecule has 1 fully saturated rings. The maximum atomic E-state index is 12.4. The van der Waals surface area contributed by atoms with Crippen molar-refractivity contribution < 1.29 is 14.3 Å². The average molecular weight is 544 g/mol. The third-order valence-corrected chi connectivity index (χ3v) is 6.48. The lowest BCUT2D eigenvalue weighted by Gasteiger charge is -2.35. The van der Waals surface area contributed by atoms with Gasteiger partial charge in [0.05, 0.1) is 22.8 Å². The third kappa shape index (κ3) is 7.12. The Morgan fingerprint density at radius 3 is 2.58 bits per heavy atom. The van der Waals surface area contributed by atoms with E-state index in [0.717, 1.165) is 53.4 Å². The number of H-pyrrole nitrogens is 1. The Morgan fingerprint density at radius 2 is 1.82 bits per heavy atom. The first-order valence-electron chi connectivity index (χ1n) is 13.7. The summed E-state index contributed by atoms with van der Waals surface area (Å²) in [4.78, 5) is 37.9. The van der Waals surface area contributed by atoms with E-state index in [9.17, 15) is 4.79 Å². The van der Waals surface area contributed by atoms with Crippen molar-refractivity contribution in [2.45, 2.75) is 59.3 Å². The number of imidazole rings is 1. The van der Waals surface area contributed by atoms with Gasteiger partial charge in [0.2, 0.25) is 5.88 Å². The number of nitrogens with zero attached hydrogens (tertiary/aromatic N) is 6. The zero-order valence-electron chi connectivity index (χ0n) is 23.8. The van der Waals surface area contributed by atoms with Gasteiger partial charge in [-0.25, -0.2) is 19.7 Å². The van der Waals surface area contributed by atoms with Gasteiger partial charge in [-0.1, -0.05) is 6.07 Å². The smallest absolute Gasteiger partial charge is 0.410 e. The lowest BCUT2D eigenvalue weighted by atomic mass is 10.1. The largest absolute Gasteiger partial charge is 0.475 e. The van der Waals surface area contributed by atoms with Crippen molar-refractivity contribution in [1.29, 1.82) is 0 Å². The molecule has 0 saturated carbocycles. The maximum absolute atomic E-state index is 12.4. The van der Waals surface area contributed by atoms with Crippen LogP contribution in [0, 0.1) is 0 Å². The lowest BCUT2D eigenvalue weighted by Crippen LogP contribution is -2.49. The summed E-state index contributed by atoms with van der Waals surface area (Å²) >= 11 is 0. The van der Waals surface area contributed by atoms with E-state index in [1.54, 1.807) is 4.90 Å². The second-order valence-corrected chi connectivity index (χ2v) is 11.4. The fourth-order valence-corrected chi connectivity index (χ4v) is 4.68. The van der Waals surface area contributed by atoms with E-state index in [-0.39, 0.29) is 12.2 Å². The molecule has 0 aliphatic carbocycles. The van der Waals surface area contributed by atoms with Crippen molar-refractivity contribution >= 4 is 17.1 Å². The number of ether oxygens (including phenoxy) is 2. The summed E-state index contributed by atoms with van der Waals surface area (Å²) in [7, 11) is 0. The van der Waals surface area contributed by atoms with Gasteiger partial charge in [0.25, 0.3) is 0 Å². The van der Waals surface area contributed by atoms with Gasteiger partial charge in [0, 0.05) is 62.7 Å². The van der Waals surface area contributed by atoms with E-state index < -0.39 is 5.60 Å². The van der Waals surface area contributed by atoms with Crippen LogP contribution in [-0.4, -0.2) is 78.7 Å². The van der Waals surface area contributed by atoms with Gasteiger partial charge in [0.15, 0.2) is 0 Å². The minimum Gasteiger partial charge on any atom is -0.475 e. The fraction of sp³-hybridized carbons (Fsp3) is 0.433. The predicted molar refractivity (Wildman–Crippen MR) is 153 cm³/mol. The van der Waals surface area contributed by atoms with Crippen LogP contribution < -0.4 is 4.74 Å². The van der Waals surface area contributed by atoms with Gasteiger partial charge >= 0.3 is 6.09 Å². The number of piperazine rings is 1. The van der Waals surface area contributed by atoms with Gasteiger partial charge in [0.1, 0.15) is 17.8 Å². The molecule has 0 radical (unpaired) electrons. The number of fused-ring (bicyclic) bond motifs is 1. The molecule has 4 aromatic rings. The molecule has 0 spiro atoms. The van der Waals surface area contributed by atoms with Crippen molar-refractivity contribution in [3.8, 4) is 17.1 Å². The third-order valence-electron chi connectivity index (χ3n) is 6.48. The average Bonchev–Trinajstić information content (AvgIpc) is 3.29. The molecule has 0 atom stereocenters. The topological polar surface area (TPSA) is 109 Å². The molecule has 1 N–H and O–H groups in total. The van der Waals surface area contributed by atoms with Crippen molar-refractivity contribution in [1.82, 2.24) is 34.7 Å². The predicted octanol–water partition coefficient (Wildman–Crippen LogP) is 4.85. The molecule has 0 bridgehead atoms. The van der Waals surface area contributed by atoms with Crippen LogP contribution in [0.25, 0.3) is 22.3 Å². The molecule has 1 aliphatic rings. The summed E-state index contributed by atoms with van der Waals surface area (Å²) in [6, 6.07) is 12.1. The normalized spacial score (nSPS) is 14.6. The number of aromatic nitrogens is 5. The number of amides is 1. The number of pyridine rings is 1. The Balaban J connectivity index is 1.21. The fourth-order valence-electron chi connectivity index (χ4n) is 4.68. The van der Waals surface area contributed by atoms with Crippen LogP contribution in [0.4, 0.5) is 4.79 Å². The Bertz CT molecular complexity index is 1470. The molecule has 1 saturated heterocycles. The number of rotatable bonds is 7. The molecule has 1 amide bonds. The second kappa shape index (κ2) is 11.6. The summed E-state index contributed by atoms with van der Waals surface area (Å²) in [6.45, 7) is 13.4. The number of carbonyl (C=O) groups excluding carboxylic acids is 1. The molecule has 1 aliphatic heterocycles. The number of carbonyl (C=O) groups is 1. The molecule has 4 heterocycles. The zero-order chi connectivity index (χ0) is 28.3. The van der Waals surface area contributed by atoms with E-state index in [4.69, 9.17) is 14.5 Å². The quantitative estimate of drug-likeness (QED) is 0.353. The summed E-state index contributed by atoms with van der Waals surface area (Å²) in [5.74, 6) is 1.41. The monoisotopic (exact) mass is 543 g/mol. The van der Waals surface area contributed by atoms with Gasteiger partial charge < -0.3 is 19.4 Å². The summed E-state index contributed by atoms with van der Waals surface area (Å²) < 4.78 is 11.2. The highest BCUT2D eigenvalue weighted by Gasteiger charge is 2.25. The highest BCUT2D eigenvalue weighted by atomic mass is 16.6. The van der Waals surface area contributed by atoms with Crippen molar-refractivity contribution in [3.05, 3.63) is 66.0 Å². The highest BCUT2D eigenvalue weighted by Crippen LogP contribution is 2.24. The first kappa shape index (κ1) is 27.5. The Hall–Kier alpha value is -4.05. The molecule has 3 aromatic heterocycles. The molecular weight excluding hydrogens is 506 g/mol. The van der Waals surface area contributed by atoms with Crippen LogP contribution >= 0.6 is 0 Å². The second-order valence-electron chi connectivity index (χ2n) is 11.4. The first-order chi connectivity index (χ1) is 19.1. The van der Waals surface area contributed by atoms with Gasteiger partial charge in [-0.3, -0.25) is 9.88 Å². The Kier molecular flexibility index (Phi) is 7.97. The van der Waals surface area contributed by atoms with E-state index in [2.05, 4.69) is 30.9 Å². The van der Waals surface area contributed by atoms with Gasteiger partial charge in [-0.15, -0.1) is 0 Å². The zero-order valence-corrected chi connectivity index (χ0v) is 23.8. The molecule has 5 rings (SSSR count). The van der Waals surface area contributed by atoms with E-state index in [0.29, 0.717) is 25.4 Å². The summed E-state index contributed by atoms with van der Waals surface area (Å²) in [5, 5.41) is 0. The van der Waals surface area contributed by atoms with Crippen LogP contribution in [-0.2, 0) is 17.7 Å². The summed E-state index contributed by atoms with van der Waals surface area (Å²) in [5.41, 5.74) is 5.26. The molecule has 1 aromatic carbocycles. The van der Waals surface area contributed by atoms with Crippen LogP contribution in [0.5, 0.6) is 5.88 Å². The molecule has 0 unspecified atom stereocenters. The summed E-state index contributed by atoms with van der Waals surface area (Å²) in [6.07, 6.45) is 3.79. The van der Waals surface area contributed by atoms with Crippen LogP contribution in [0.2, 0.25) is 0 Å². The Labute approximate surface area is 234 Å². The standard InChI is InChI=1S/C30H37N7O3/c1-20(2)39-28-17-25(32-19-33-28)22-6-7-24-26(15-22)35-27(34-24)16-23-14-21(8-9-31-23)18-36-10-12-37(13-11-36)29(38)40-30(3,4)5/h6-9,14-15,17,19-20H,10-13,16,18H2,1-5H3,(H,34,35). The number of hydrogen-bond donors (Lipinski definition) is 1. The minimum atomic E-state index is -0.479. The Morgan fingerprint density at radius 1 is 1.02 bits per heavy atom. The molecule has 40 heavy (non-hydrogen) atoms. The lowest BCUT2D eigenvalue weighted by molar-refractivity contribution is 0.0139.